The quantitative estimate of drug-likeness (QED) is 0.800. The second-order valence-electron chi connectivity index (χ2n) is 6.14. The Morgan fingerprint density at radius 3 is 2.43 bits per heavy atom. The van der Waals surface area contributed by atoms with E-state index >= 15 is 0 Å². The van der Waals surface area contributed by atoms with Crippen molar-refractivity contribution >= 4 is 17.7 Å². The number of carbonyl (C=O) groups excluding carboxylic acids is 1. The van der Waals surface area contributed by atoms with Crippen LogP contribution in [0.15, 0.2) is 18.2 Å². The number of hydrogen-bond donors (Lipinski definition) is 3. The molecule has 2 atom stereocenters. The minimum atomic E-state index is -0.875. The molecule has 2 unspecified atom stereocenters. The average Bonchev–Trinajstić information content (AvgIpc) is 2.70. The van der Waals surface area contributed by atoms with Gasteiger partial charge in [-0.3, -0.25) is 4.79 Å². The molecule has 2 rings (SSSR count). The zero-order chi connectivity index (χ0) is 15.6. The topological polar surface area (TPSA) is 78.4 Å². The van der Waals surface area contributed by atoms with Crippen LogP contribution in [0.4, 0.5) is 10.5 Å². The fourth-order valence-electron chi connectivity index (χ4n) is 3.03. The van der Waals surface area contributed by atoms with Crippen molar-refractivity contribution in [1.82, 2.24) is 5.32 Å². The molecule has 0 radical (unpaired) electrons. The fraction of sp³-hybridized carbons (Fsp3) is 0.500. The first-order valence-electron chi connectivity index (χ1n) is 7.20. The van der Waals surface area contributed by atoms with Crippen LogP contribution in [-0.2, 0) is 4.79 Å². The maximum absolute atomic E-state index is 12.1. The first-order valence-corrected chi connectivity index (χ1v) is 7.20. The summed E-state index contributed by atoms with van der Waals surface area (Å²) in [6.07, 6.45) is 2.11. The number of benzene rings is 1. The van der Waals surface area contributed by atoms with Gasteiger partial charge in [0.1, 0.15) is 0 Å². The maximum Gasteiger partial charge on any atom is 0.319 e. The van der Waals surface area contributed by atoms with Crippen LogP contribution in [0.5, 0.6) is 0 Å². The van der Waals surface area contributed by atoms with Crippen LogP contribution in [0.1, 0.15) is 37.3 Å². The summed E-state index contributed by atoms with van der Waals surface area (Å²) >= 11 is 0. The number of aryl methyl sites for hydroxylation is 2. The van der Waals surface area contributed by atoms with Crippen molar-refractivity contribution in [3.8, 4) is 0 Å². The summed E-state index contributed by atoms with van der Waals surface area (Å²) in [5, 5.41) is 14.9. The Hall–Kier alpha value is -2.04. The zero-order valence-corrected chi connectivity index (χ0v) is 12.7. The highest BCUT2D eigenvalue weighted by atomic mass is 16.4. The van der Waals surface area contributed by atoms with Crippen LogP contribution in [0.3, 0.4) is 0 Å². The Bertz CT molecular complexity index is 550. The van der Waals surface area contributed by atoms with Crippen LogP contribution in [0.25, 0.3) is 0 Å². The maximum atomic E-state index is 12.1. The average molecular weight is 290 g/mol. The molecule has 1 fully saturated rings. The lowest BCUT2D eigenvalue weighted by atomic mass is 9.85. The molecule has 1 saturated carbocycles. The first-order chi connectivity index (χ1) is 9.81. The van der Waals surface area contributed by atoms with Gasteiger partial charge in [0.15, 0.2) is 0 Å². The molecular formula is C16H22N2O3. The summed E-state index contributed by atoms with van der Waals surface area (Å²) in [5.41, 5.74) is 1.99. The molecule has 5 nitrogen and oxygen atoms in total. The Balaban J connectivity index is 2.03. The van der Waals surface area contributed by atoms with E-state index in [2.05, 4.69) is 10.6 Å². The van der Waals surface area contributed by atoms with Crippen LogP contribution in [-0.4, -0.2) is 23.1 Å². The highest BCUT2D eigenvalue weighted by Gasteiger charge is 2.45. The number of aliphatic carboxylic acids is 1. The van der Waals surface area contributed by atoms with Crippen molar-refractivity contribution in [2.45, 2.75) is 46.1 Å². The molecule has 0 aromatic heterocycles. The first kappa shape index (κ1) is 15.4. The van der Waals surface area contributed by atoms with Crippen molar-refractivity contribution < 1.29 is 14.7 Å². The van der Waals surface area contributed by atoms with Gasteiger partial charge in [-0.25, -0.2) is 4.79 Å². The number of nitrogens with one attached hydrogen (secondary N) is 2. The lowest BCUT2D eigenvalue weighted by Crippen LogP contribution is -2.48. The minimum Gasteiger partial charge on any atom is -0.481 e. The molecule has 5 heteroatoms. The molecule has 1 aliphatic rings. The number of amides is 2. The molecule has 0 saturated heterocycles. The lowest BCUT2D eigenvalue weighted by Gasteiger charge is -2.27. The highest BCUT2D eigenvalue weighted by molar-refractivity contribution is 5.90. The second kappa shape index (κ2) is 5.76. The van der Waals surface area contributed by atoms with Crippen molar-refractivity contribution in [2.75, 3.05) is 5.32 Å². The van der Waals surface area contributed by atoms with Gasteiger partial charge in [-0.1, -0.05) is 12.5 Å². The predicted octanol–water partition coefficient (Wildman–Crippen LogP) is 3.07. The number of carboxylic acid groups (broad SMARTS) is 1. The van der Waals surface area contributed by atoms with Gasteiger partial charge in [0.2, 0.25) is 0 Å². The largest absolute Gasteiger partial charge is 0.481 e. The molecule has 0 heterocycles. The monoisotopic (exact) mass is 290 g/mol. The van der Waals surface area contributed by atoms with E-state index < -0.39 is 11.4 Å². The molecule has 3 N–H and O–H groups in total. The number of carboxylic acids is 1. The van der Waals surface area contributed by atoms with Gasteiger partial charge in [0.25, 0.3) is 0 Å². The molecule has 0 spiro atoms. The van der Waals surface area contributed by atoms with E-state index in [-0.39, 0.29) is 12.1 Å². The summed E-state index contributed by atoms with van der Waals surface area (Å²) in [6, 6.07) is 5.12. The molecule has 1 aromatic rings. The van der Waals surface area contributed by atoms with E-state index in [1.54, 1.807) is 6.92 Å². The number of rotatable bonds is 3. The highest BCUT2D eigenvalue weighted by Crippen LogP contribution is 2.38. The van der Waals surface area contributed by atoms with Crippen molar-refractivity contribution in [3.05, 3.63) is 29.3 Å². The van der Waals surface area contributed by atoms with Crippen molar-refractivity contribution in [2.24, 2.45) is 5.41 Å². The van der Waals surface area contributed by atoms with E-state index in [0.29, 0.717) is 12.8 Å². The molecule has 0 aliphatic heterocycles. The molecule has 114 valence electrons. The Morgan fingerprint density at radius 2 is 1.86 bits per heavy atom. The van der Waals surface area contributed by atoms with Gasteiger partial charge in [0.05, 0.1) is 5.41 Å². The van der Waals surface area contributed by atoms with Crippen LogP contribution in [0, 0.1) is 19.3 Å². The molecule has 2 amide bonds. The van der Waals surface area contributed by atoms with E-state index in [4.69, 9.17) is 0 Å². The standard InChI is InChI=1S/C16H22N2O3/c1-10-7-11(2)9-12(8-10)17-15(21)18-13-5-4-6-16(13,3)14(19)20/h7-9,13H,4-6H2,1-3H3,(H,19,20)(H2,17,18,21). The second-order valence-corrected chi connectivity index (χ2v) is 6.14. The number of urea groups is 1. The van der Waals surface area contributed by atoms with Crippen LogP contribution < -0.4 is 10.6 Å². The molecular weight excluding hydrogens is 268 g/mol. The predicted molar refractivity (Wildman–Crippen MR) is 81.5 cm³/mol. The number of hydrogen-bond acceptors (Lipinski definition) is 2. The summed E-state index contributed by atoms with van der Waals surface area (Å²) in [6.45, 7) is 5.63. The van der Waals surface area contributed by atoms with E-state index in [1.165, 1.54) is 0 Å². The summed E-state index contributed by atoms with van der Waals surface area (Å²) in [7, 11) is 0. The third kappa shape index (κ3) is 3.35. The van der Waals surface area contributed by atoms with E-state index in [9.17, 15) is 14.7 Å². The Kier molecular flexibility index (Phi) is 4.21. The fourth-order valence-corrected chi connectivity index (χ4v) is 3.03. The Morgan fingerprint density at radius 1 is 1.24 bits per heavy atom. The van der Waals surface area contributed by atoms with E-state index in [1.807, 2.05) is 32.0 Å². The number of carbonyl (C=O) groups is 2. The van der Waals surface area contributed by atoms with Crippen molar-refractivity contribution in [1.29, 1.82) is 0 Å². The van der Waals surface area contributed by atoms with Crippen LogP contribution in [0.2, 0.25) is 0 Å². The zero-order valence-electron chi connectivity index (χ0n) is 12.7. The van der Waals surface area contributed by atoms with Gasteiger partial charge in [-0.05, 0) is 56.9 Å². The third-order valence-corrected chi connectivity index (χ3v) is 4.23. The smallest absolute Gasteiger partial charge is 0.319 e. The van der Waals surface area contributed by atoms with Crippen LogP contribution >= 0.6 is 0 Å². The SMILES string of the molecule is Cc1cc(C)cc(NC(=O)NC2CCCC2(C)C(=O)O)c1. The Labute approximate surface area is 124 Å². The molecule has 0 bridgehead atoms. The molecule has 1 aromatic carbocycles. The summed E-state index contributed by atoms with van der Waals surface area (Å²) in [5.74, 6) is -0.850. The van der Waals surface area contributed by atoms with Gasteiger partial charge >= 0.3 is 12.0 Å². The number of anilines is 1. The summed E-state index contributed by atoms with van der Waals surface area (Å²) in [4.78, 5) is 23.5. The van der Waals surface area contributed by atoms with E-state index in [0.717, 1.165) is 23.2 Å². The van der Waals surface area contributed by atoms with Crippen molar-refractivity contribution in [3.63, 3.8) is 0 Å². The van der Waals surface area contributed by atoms with Gasteiger partial charge in [-0.15, -0.1) is 0 Å². The van der Waals surface area contributed by atoms with Gasteiger partial charge < -0.3 is 15.7 Å². The minimum absolute atomic E-state index is 0.332. The third-order valence-electron chi connectivity index (χ3n) is 4.23. The molecule has 1 aliphatic carbocycles. The van der Waals surface area contributed by atoms with Gasteiger partial charge in [0, 0.05) is 11.7 Å². The van der Waals surface area contributed by atoms with Gasteiger partial charge in [-0.2, -0.15) is 0 Å². The summed E-state index contributed by atoms with van der Waals surface area (Å²) < 4.78 is 0. The normalized spacial score (nSPS) is 24.6. The lowest BCUT2D eigenvalue weighted by molar-refractivity contribution is -0.148. The molecule has 21 heavy (non-hydrogen) atoms.